The van der Waals surface area contributed by atoms with Gasteiger partial charge in [0.1, 0.15) is 0 Å². The molecule has 2 aliphatic heterocycles. The predicted octanol–water partition coefficient (Wildman–Crippen LogP) is 3.20. The number of fused-ring (bicyclic) bond motifs is 1. The number of anilines is 1. The summed E-state index contributed by atoms with van der Waals surface area (Å²) in [6.07, 6.45) is 4.30. The lowest BCUT2D eigenvalue weighted by Crippen LogP contribution is -2.47. The van der Waals surface area contributed by atoms with Gasteiger partial charge in [-0.05, 0) is 31.0 Å². The second-order valence-electron chi connectivity index (χ2n) is 7.55. The molecule has 3 aromatic rings. The second kappa shape index (κ2) is 7.62. The van der Waals surface area contributed by atoms with Crippen molar-refractivity contribution >= 4 is 37.2 Å². The molecule has 0 saturated carbocycles. The molecule has 2 aromatic heterocycles. The van der Waals surface area contributed by atoms with Crippen molar-refractivity contribution in [3.63, 3.8) is 0 Å². The van der Waals surface area contributed by atoms with Crippen molar-refractivity contribution in [2.24, 2.45) is 4.36 Å². The molecule has 5 rings (SSSR count). The molecule has 7 nitrogen and oxygen atoms in total. The molecule has 9 heteroatoms. The average molecular weight is 429 g/mol. The van der Waals surface area contributed by atoms with E-state index in [4.69, 9.17) is 0 Å². The summed E-state index contributed by atoms with van der Waals surface area (Å²) in [7, 11) is -2.27. The zero-order valence-electron chi connectivity index (χ0n) is 16.4. The number of rotatable bonds is 4. The van der Waals surface area contributed by atoms with Crippen LogP contribution in [0.15, 0.2) is 45.4 Å². The number of benzene rings is 1. The van der Waals surface area contributed by atoms with Gasteiger partial charge in [0.2, 0.25) is 5.95 Å². The fraction of sp³-hybridized carbons (Fsp3) is 0.450. The Morgan fingerprint density at radius 2 is 1.90 bits per heavy atom. The van der Waals surface area contributed by atoms with E-state index in [0.717, 1.165) is 38.1 Å². The van der Waals surface area contributed by atoms with Gasteiger partial charge in [-0.2, -0.15) is 0 Å². The van der Waals surface area contributed by atoms with E-state index in [2.05, 4.69) is 54.2 Å². The Bertz CT molecular complexity index is 1130. The maximum absolute atomic E-state index is 12.7. The number of hydrogen-bond acceptors (Lipinski definition) is 8. The Morgan fingerprint density at radius 1 is 1.10 bits per heavy atom. The summed E-state index contributed by atoms with van der Waals surface area (Å²) in [6.45, 7) is 6.60. The van der Waals surface area contributed by atoms with E-state index in [1.807, 2.05) is 5.51 Å². The third-order valence-electron chi connectivity index (χ3n) is 5.84. The van der Waals surface area contributed by atoms with Gasteiger partial charge in [0.25, 0.3) is 0 Å². The van der Waals surface area contributed by atoms with E-state index >= 15 is 0 Å². The van der Waals surface area contributed by atoms with Crippen molar-refractivity contribution in [2.45, 2.75) is 24.3 Å². The van der Waals surface area contributed by atoms with E-state index < -0.39 is 9.73 Å². The molecule has 0 bridgehead atoms. The van der Waals surface area contributed by atoms with E-state index in [0.29, 0.717) is 29.2 Å². The molecule has 4 heterocycles. The van der Waals surface area contributed by atoms with Gasteiger partial charge in [0, 0.05) is 56.9 Å². The van der Waals surface area contributed by atoms with Crippen molar-refractivity contribution < 1.29 is 4.21 Å². The van der Waals surface area contributed by atoms with Gasteiger partial charge in [0.15, 0.2) is 0 Å². The van der Waals surface area contributed by atoms with Crippen molar-refractivity contribution in [2.75, 3.05) is 43.4 Å². The highest BCUT2D eigenvalue weighted by atomic mass is 32.2. The van der Waals surface area contributed by atoms with Crippen LogP contribution in [0.5, 0.6) is 0 Å². The van der Waals surface area contributed by atoms with E-state index in [1.54, 1.807) is 23.7 Å². The zero-order valence-corrected chi connectivity index (χ0v) is 18.0. The van der Waals surface area contributed by atoms with Crippen molar-refractivity contribution in [3.05, 3.63) is 41.7 Å². The van der Waals surface area contributed by atoms with Gasteiger partial charge in [-0.25, -0.2) is 23.5 Å². The van der Waals surface area contributed by atoms with Crippen LogP contribution in [0, 0.1) is 0 Å². The summed E-state index contributed by atoms with van der Waals surface area (Å²) in [5.74, 6) is 1.34. The molecule has 0 radical (unpaired) electrons. The minimum absolute atomic E-state index is 0.347. The average Bonchev–Trinajstić information content (AvgIpc) is 3.42. The van der Waals surface area contributed by atoms with Gasteiger partial charge in [0.05, 0.1) is 30.4 Å². The van der Waals surface area contributed by atoms with Crippen LogP contribution in [-0.4, -0.2) is 62.5 Å². The lowest BCUT2D eigenvalue weighted by Gasteiger charge is -2.38. The molecule has 29 heavy (non-hydrogen) atoms. The molecule has 1 fully saturated rings. The van der Waals surface area contributed by atoms with Crippen LogP contribution in [0.1, 0.15) is 24.9 Å². The quantitative estimate of drug-likeness (QED) is 0.635. The topological polar surface area (TPSA) is 74.6 Å². The third kappa shape index (κ3) is 3.62. The number of aromatic nitrogens is 3. The maximum Gasteiger partial charge on any atom is 0.225 e. The van der Waals surface area contributed by atoms with Gasteiger partial charge in [-0.1, -0.05) is 6.07 Å². The van der Waals surface area contributed by atoms with Crippen molar-refractivity contribution in [1.29, 1.82) is 0 Å². The smallest absolute Gasteiger partial charge is 0.225 e. The minimum Gasteiger partial charge on any atom is -0.338 e. The Kier molecular flexibility index (Phi) is 4.97. The molecule has 0 N–H and O–H groups in total. The van der Waals surface area contributed by atoms with E-state index in [1.165, 1.54) is 10.3 Å². The fourth-order valence-electron chi connectivity index (χ4n) is 4.02. The molecule has 2 unspecified atom stereocenters. The monoisotopic (exact) mass is 428 g/mol. The molecule has 152 valence electrons. The standard InChI is InChI=1S/C20H24N6OS2/c1-15(16-3-4-19-18(11-16)23-14-28-19)25-6-8-26(9-7-25)20-21-12-17(13-22-20)29(27)10-2-5-24-29/h3-4,11-15H,2,5-10H2,1H3. The predicted molar refractivity (Wildman–Crippen MR) is 117 cm³/mol. The largest absolute Gasteiger partial charge is 0.338 e. The summed E-state index contributed by atoms with van der Waals surface area (Å²) < 4.78 is 18.2. The van der Waals surface area contributed by atoms with Gasteiger partial charge < -0.3 is 4.90 Å². The van der Waals surface area contributed by atoms with Crippen LogP contribution in [0.25, 0.3) is 10.2 Å². The maximum atomic E-state index is 12.7. The van der Waals surface area contributed by atoms with Gasteiger partial charge in [-0.3, -0.25) is 4.90 Å². The first-order chi connectivity index (χ1) is 14.1. The lowest BCUT2D eigenvalue weighted by molar-refractivity contribution is 0.198. The van der Waals surface area contributed by atoms with Crippen LogP contribution in [0.4, 0.5) is 5.95 Å². The SMILES string of the molecule is CC(c1ccc2scnc2c1)N1CCN(c2ncc(S3(=O)=NCCC3)cn2)CC1. The van der Waals surface area contributed by atoms with Crippen molar-refractivity contribution in [1.82, 2.24) is 19.9 Å². The third-order valence-corrected chi connectivity index (χ3v) is 9.04. The van der Waals surface area contributed by atoms with E-state index in [-0.39, 0.29) is 0 Å². The molecular formula is C20H24N6OS2. The second-order valence-corrected chi connectivity index (χ2v) is 10.9. The minimum atomic E-state index is -2.27. The molecule has 2 atom stereocenters. The first kappa shape index (κ1) is 18.9. The van der Waals surface area contributed by atoms with Crippen LogP contribution >= 0.6 is 11.3 Å². The summed E-state index contributed by atoms with van der Waals surface area (Å²) in [6, 6.07) is 6.94. The first-order valence-electron chi connectivity index (χ1n) is 9.97. The van der Waals surface area contributed by atoms with Crippen LogP contribution < -0.4 is 4.90 Å². The Morgan fingerprint density at radius 3 is 2.62 bits per heavy atom. The highest BCUT2D eigenvalue weighted by Gasteiger charge is 2.24. The van der Waals surface area contributed by atoms with Gasteiger partial charge >= 0.3 is 0 Å². The van der Waals surface area contributed by atoms with Crippen LogP contribution in [-0.2, 0) is 9.73 Å². The van der Waals surface area contributed by atoms with Crippen molar-refractivity contribution in [3.8, 4) is 0 Å². The lowest BCUT2D eigenvalue weighted by atomic mass is 10.1. The molecule has 0 spiro atoms. The fourth-order valence-corrected chi connectivity index (χ4v) is 6.57. The van der Waals surface area contributed by atoms with Crippen LogP contribution in [0.2, 0.25) is 0 Å². The summed E-state index contributed by atoms with van der Waals surface area (Å²) in [5.41, 5.74) is 4.29. The Hall–Kier alpha value is -2.10. The highest BCUT2D eigenvalue weighted by Crippen LogP contribution is 2.27. The normalized spacial score (nSPS) is 24.0. The summed E-state index contributed by atoms with van der Waals surface area (Å²) >= 11 is 1.68. The number of hydrogen-bond donors (Lipinski definition) is 0. The van der Waals surface area contributed by atoms with E-state index in [9.17, 15) is 4.21 Å². The number of nitrogens with zero attached hydrogens (tertiary/aromatic N) is 6. The zero-order chi connectivity index (χ0) is 19.8. The summed E-state index contributed by atoms with van der Waals surface area (Å²) in [4.78, 5) is 18.8. The number of thiazole rings is 1. The Balaban J connectivity index is 1.24. The van der Waals surface area contributed by atoms with Gasteiger partial charge in [-0.15, -0.1) is 11.3 Å². The highest BCUT2D eigenvalue weighted by molar-refractivity contribution is 7.93. The first-order valence-corrected chi connectivity index (χ1v) is 12.5. The molecule has 0 aliphatic carbocycles. The molecule has 2 aliphatic rings. The summed E-state index contributed by atoms with van der Waals surface area (Å²) in [5, 5.41) is 0. The van der Waals surface area contributed by atoms with Crippen LogP contribution in [0.3, 0.4) is 0 Å². The molecule has 0 amide bonds. The number of piperazine rings is 1. The molecule has 1 aromatic carbocycles. The Labute approximate surface area is 175 Å². The molecule has 1 saturated heterocycles. The molecular weight excluding hydrogens is 404 g/mol.